The second-order valence-electron chi connectivity index (χ2n) is 8.02. The largest absolute Gasteiger partial charge is 0.474 e. The second-order valence-corrected chi connectivity index (χ2v) is 8.90. The van der Waals surface area contributed by atoms with Crippen LogP contribution in [0.5, 0.6) is 5.88 Å². The van der Waals surface area contributed by atoms with Gasteiger partial charge in [0.05, 0.1) is 6.54 Å². The summed E-state index contributed by atoms with van der Waals surface area (Å²) in [5.41, 5.74) is 3.31. The van der Waals surface area contributed by atoms with Crippen LogP contribution in [0.1, 0.15) is 46.3 Å². The topological polar surface area (TPSA) is 80.2 Å². The summed E-state index contributed by atoms with van der Waals surface area (Å²) in [7, 11) is 0. The molecule has 1 aliphatic heterocycles. The number of ether oxygens (including phenoxy) is 1. The van der Waals surface area contributed by atoms with Gasteiger partial charge in [-0.3, -0.25) is 4.79 Å². The number of aryl methyl sites for hydroxylation is 1. The highest BCUT2D eigenvalue weighted by atomic mass is 32.2. The lowest BCUT2D eigenvalue weighted by Crippen LogP contribution is -2.31. The van der Waals surface area contributed by atoms with Gasteiger partial charge in [0.1, 0.15) is 29.6 Å². The number of carbonyl (C=O) groups is 1. The van der Waals surface area contributed by atoms with Crippen LogP contribution in [0.25, 0.3) is 0 Å². The summed E-state index contributed by atoms with van der Waals surface area (Å²) in [6.07, 6.45) is 4.42. The second kappa shape index (κ2) is 8.78. The third-order valence-corrected chi connectivity index (χ3v) is 6.39. The monoisotopic (exact) mass is 447 g/mol. The molecule has 0 atom stereocenters. The smallest absolute Gasteiger partial charge is 0.270 e. The van der Waals surface area contributed by atoms with Crippen molar-refractivity contribution in [3.8, 4) is 5.88 Å². The van der Waals surface area contributed by atoms with E-state index in [1.807, 2.05) is 31.4 Å². The molecule has 0 radical (unpaired) electrons. The van der Waals surface area contributed by atoms with Crippen molar-refractivity contribution < 1.29 is 9.53 Å². The van der Waals surface area contributed by atoms with Crippen LogP contribution in [0.3, 0.4) is 0 Å². The van der Waals surface area contributed by atoms with E-state index in [9.17, 15) is 4.79 Å². The van der Waals surface area contributed by atoms with Gasteiger partial charge >= 0.3 is 0 Å². The molecule has 5 rings (SSSR count). The summed E-state index contributed by atoms with van der Waals surface area (Å²) in [5, 5.41) is 2.94. The number of carbonyl (C=O) groups excluding carboxylic acids is 1. The van der Waals surface area contributed by atoms with E-state index in [1.54, 1.807) is 17.8 Å². The first-order chi connectivity index (χ1) is 15.6. The maximum Gasteiger partial charge on any atom is 0.270 e. The Balaban J connectivity index is 1.33. The maximum atomic E-state index is 12.7. The van der Waals surface area contributed by atoms with Gasteiger partial charge in [-0.2, -0.15) is 0 Å². The number of hydrogen-bond donors (Lipinski definition) is 1. The lowest BCUT2D eigenvalue weighted by Gasteiger charge is -2.30. The Labute approximate surface area is 191 Å². The molecule has 3 aromatic rings. The average molecular weight is 448 g/mol. The summed E-state index contributed by atoms with van der Waals surface area (Å²) in [4.78, 5) is 29.7. The van der Waals surface area contributed by atoms with E-state index in [0.717, 1.165) is 28.6 Å². The first-order valence-electron chi connectivity index (χ1n) is 10.8. The predicted octanol–water partition coefficient (Wildman–Crippen LogP) is 4.24. The molecule has 2 aromatic heterocycles. The highest BCUT2D eigenvalue weighted by Crippen LogP contribution is 2.41. The summed E-state index contributed by atoms with van der Waals surface area (Å²) in [6.45, 7) is 3.53. The van der Waals surface area contributed by atoms with Crippen molar-refractivity contribution in [2.24, 2.45) is 0 Å². The van der Waals surface area contributed by atoms with Gasteiger partial charge in [0.2, 0.25) is 5.88 Å². The minimum absolute atomic E-state index is 0.226. The molecule has 8 heteroatoms. The van der Waals surface area contributed by atoms with Gasteiger partial charge in [0.15, 0.2) is 0 Å². The number of amides is 1. The Hall–Kier alpha value is -3.13. The number of nitrogens with zero attached hydrogens (tertiary/aromatic N) is 4. The number of nitrogens with one attached hydrogen (secondary N) is 1. The van der Waals surface area contributed by atoms with E-state index in [2.05, 4.69) is 43.4 Å². The molecule has 3 heterocycles. The van der Waals surface area contributed by atoms with Gasteiger partial charge in [0.25, 0.3) is 5.91 Å². The standard InChI is InChI=1S/C24H25N5O2S/c1-15-26-20(17-5-6-17)13-22(27-15)29-11-12-31-24-21(29)10-9-19(28-24)23(30)25-14-16-3-7-18(32-2)8-4-16/h3-4,7-10,13,17H,5-6,11-12,14H2,1-2H3,(H,25,30). The Morgan fingerprint density at radius 1 is 1.16 bits per heavy atom. The molecule has 0 unspecified atom stereocenters. The molecule has 164 valence electrons. The number of fused-ring (bicyclic) bond motifs is 1. The van der Waals surface area contributed by atoms with Gasteiger partial charge in [-0.25, -0.2) is 15.0 Å². The van der Waals surface area contributed by atoms with E-state index >= 15 is 0 Å². The fourth-order valence-corrected chi connectivity index (χ4v) is 4.19. The molecule has 1 N–H and O–H groups in total. The van der Waals surface area contributed by atoms with Crippen LogP contribution in [0.2, 0.25) is 0 Å². The molecular weight excluding hydrogens is 422 g/mol. The molecule has 1 aromatic carbocycles. The van der Waals surface area contributed by atoms with Crippen LogP contribution in [0, 0.1) is 6.92 Å². The Morgan fingerprint density at radius 2 is 1.97 bits per heavy atom. The molecule has 1 aliphatic carbocycles. The van der Waals surface area contributed by atoms with Gasteiger partial charge in [0, 0.05) is 29.1 Å². The molecule has 2 aliphatic rings. The SMILES string of the molecule is CSc1ccc(CNC(=O)c2ccc3c(n2)OCCN3c2cc(C3CC3)nc(C)n2)cc1. The molecule has 1 fully saturated rings. The van der Waals surface area contributed by atoms with E-state index in [1.165, 1.54) is 17.7 Å². The van der Waals surface area contributed by atoms with Crippen LogP contribution in [-0.4, -0.2) is 40.3 Å². The molecule has 0 saturated heterocycles. The van der Waals surface area contributed by atoms with Crippen molar-refractivity contribution in [1.82, 2.24) is 20.3 Å². The van der Waals surface area contributed by atoms with E-state index < -0.39 is 0 Å². The van der Waals surface area contributed by atoms with Gasteiger partial charge in [-0.15, -0.1) is 11.8 Å². The van der Waals surface area contributed by atoms with Crippen LogP contribution in [0.15, 0.2) is 47.4 Å². The van der Waals surface area contributed by atoms with E-state index in [-0.39, 0.29) is 5.91 Å². The lowest BCUT2D eigenvalue weighted by molar-refractivity contribution is 0.0944. The van der Waals surface area contributed by atoms with Crippen molar-refractivity contribution in [3.63, 3.8) is 0 Å². The zero-order valence-corrected chi connectivity index (χ0v) is 19.0. The Bertz CT molecular complexity index is 1150. The minimum atomic E-state index is -0.226. The number of benzene rings is 1. The first-order valence-corrected chi connectivity index (χ1v) is 12.0. The lowest BCUT2D eigenvalue weighted by atomic mass is 10.2. The van der Waals surface area contributed by atoms with Crippen molar-refractivity contribution in [2.75, 3.05) is 24.3 Å². The predicted molar refractivity (Wildman–Crippen MR) is 125 cm³/mol. The van der Waals surface area contributed by atoms with Crippen LogP contribution < -0.4 is 15.0 Å². The molecule has 7 nitrogen and oxygen atoms in total. The maximum absolute atomic E-state index is 12.7. The van der Waals surface area contributed by atoms with Gasteiger partial charge in [-0.1, -0.05) is 12.1 Å². The summed E-state index contributed by atoms with van der Waals surface area (Å²) in [5.74, 6) is 2.41. The van der Waals surface area contributed by atoms with Crippen molar-refractivity contribution in [2.45, 2.75) is 37.1 Å². The fraction of sp³-hybridized carbons (Fsp3) is 0.333. The summed E-state index contributed by atoms with van der Waals surface area (Å²) < 4.78 is 5.80. The first kappa shape index (κ1) is 20.8. The zero-order chi connectivity index (χ0) is 22.1. The van der Waals surface area contributed by atoms with E-state index in [0.29, 0.717) is 37.2 Å². The van der Waals surface area contributed by atoms with Crippen LogP contribution in [0.4, 0.5) is 11.5 Å². The summed E-state index contributed by atoms with van der Waals surface area (Å²) >= 11 is 1.69. The Morgan fingerprint density at radius 3 is 2.72 bits per heavy atom. The fourth-order valence-electron chi connectivity index (χ4n) is 3.78. The summed E-state index contributed by atoms with van der Waals surface area (Å²) in [6, 6.07) is 13.8. The normalized spacial score (nSPS) is 15.1. The molecular formula is C24H25N5O2S. The van der Waals surface area contributed by atoms with Crippen LogP contribution >= 0.6 is 11.8 Å². The number of hydrogen-bond acceptors (Lipinski definition) is 7. The highest BCUT2D eigenvalue weighted by molar-refractivity contribution is 7.98. The number of thioether (sulfide) groups is 1. The van der Waals surface area contributed by atoms with E-state index in [4.69, 9.17) is 4.74 Å². The van der Waals surface area contributed by atoms with Crippen molar-refractivity contribution in [3.05, 3.63) is 65.2 Å². The highest BCUT2D eigenvalue weighted by Gasteiger charge is 2.28. The molecule has 32 heavy (non-hydrogen) atoms. The molecule has 1 amide bonds. The number of anilines is 2. The Kier molecular flexibility index (Phi) is 5.70. The van der Waals surface area contributed by atoms with Crippen LogP contribution in [-0.2, 0) is 6.54 Å². The van der Waals surface area contributed by atoms with Crippen molar-refractivity contribution in [1.29, 1.82) is 0 Å². The number of aromatic nitrogens is 3. The average Bonchev–Trinajstić information content (AvgIpc) is 3.67. The quantitative estimate of drug-likeness (QED) is 0.566. The molecule has 0 spiro atoms. The van der Waals surface area contributed by atoms with Gasteiger partial charge < -0.3 is 15.0 Å². The van der Waals surface area contributed by atoms with Crippen molar-refractivity contribution >= 4 is 29.2 Å². The minimum Gasteiger partial charge on any atom is -0.474 e. The number of pyridine rings is 1. The third kappa shape index (κ3) is 4.41. The third-order valence-electron chi connectivity index (χ3n) is 5.65. The molecule has 1 saturated carbocycles. The number of rotatable bonds is 6. The zero-order valence-electron chi connectivity index (χ0n) is 18.2. The van der Waals surface area contributed by atoms with Gasteiger partial charge in [-0.05, 0) is 55.9 Å². The molecule has 0 bridgehead atoms.